The first kappa shape index (κ1) is 19.5. The van der Waals surface area contributed by atoms with Gasteiger partial charge in [-0.2, -0.15) is 4.98 Å². The third kappa shape index (κ3) is 4.70. The summed E-state index contributed by atoms with van der Waals surface area (Å²) in [6, 6.07) is 11.4. The van der Waals surface area contributed by atoms with Crippen LogP contribution in [0, 0.1) is 11.2 Å². The Morgan fingerprint density at radius 2 is 2.07 bits per heavy atom. The largest absolute Gasteiger partial charge is 0.496 e. The molecule has 0 amide bonds. The van der Waals surface area contributed by atoms with Crippen LogP contribution in [0.25, 0.3) is 11.4 Å². The monoisotopic (exact) mass is 399 g/mol. The quantitative estimate of drug-likeness (QED) is 0.487. The summed E-state index contributed by atoms with van der Waals surface area (Å²) in [5.41, 5.74) is 2.03. The minimum atomic E-state index is -2.46. The molecule has 0 aliphatic carbocycles. The zero-order valence-corrected chi connectivity index (χ0v) is 16.1. The number of aromatic nitrogens is 3. The Kier molecular flexibility index (Phi) is 5.67. The molecular weight excluding hydrogens is 381 g/mol. The molecule has 9 heteroatoms. The summed E-state index contributed by atoms with van der Waals surface area (Å²) in [5.74, 6) is 0.755. The van der Waals surface area contributed by atoms with Gasteiger partial charge in [-0.1, -0.05) is 12.1 Å². The first-order chi connectivity index (χ1) is 13.4. The van der Waals surface area contributed by atoms with Gasteiger partial charge in [0.05, 0.1) is 12.7 Å². The van der Waals surface area contributed by atoms with Gasteiger partial charge >= 0.3 is 0 Å². The number of halogens is 1. The van der Waals surface area contributed by atoms with E-state index in [0.717, 1.165) is 5.56 Å². The van der Waals surface area contributed by atoms with Crippen LogP contribution in [0.5, 0.6) is 5.75 Å². The first-order valence-electron chi connectivity index (χ1n) is 8.19. The lowest BCUT2D eigenvalue weighted by Gasteiger charge is -2.10. The van der Waals surface area contributed by atoms with Crippen molar-refractivity contribution in [3.8, 4) is 17.1 Å². The molecule has 0 aliphatic rings. The number of methoxy groups -OCH3 is 1. The van der Waals surface area contributed by atoms with E-state index >= 15 is 0 Å². The van der Waals surface area contributed by atoms with Crippen molar-refractivity contribution in [3.63, 3.8) is 0 Å². The van der Waals surface area contributed by atoms with Crippen LogP contribution >= 0.6 is 0 Å². The highest BCUT2D eigenvalue weighted by atomic mass is 32.2. The van der Waals surface area contributed by atoms with Crippen LogP contribution in [0.2, 0.25) is 0 Å². The smallest absolute Gasteiger partial charge is 0.230 e. The maximum atomic E-state index is 13.4. The molecule has 0 bridgehead atoms. The van der Waals surface area contributed by atoms with E-state index in [2.05, 4.69) is 25.4 Å². The van der Waals surface area contributed by atoms with E-state index in [9.17, 15) is 8.60 Å². The number of hydrogen-bond acceptors (Lipinski definition) is 7. The molecule has 2 aromatic carbocycles. The zero-order valence-electron chi connectivity index (χ0n) is 15.3. The van der Waals surface area contributed by atoms with Crippen LogP contribution in [-0.2, 0) is 15.3 Å². The number of hydrogen-bond donors (Lipinski definition) is 2. The number of isothiocyanates is 1. The minimum Gasteiger partial charge on any atom is -0.496 e. The molecule has 144 valence electrons. The fourth-order valence-electron chi connectivity index (χ4n) is 2.56. The molecule has 0 saturated heterocycles. The fourth-order valence-corrected chi connectivity index (χ4v) is 3.45. The van der Waals surface area contributed by atoms with Crippen LogP contribution in [-0.4, -0.2) is 37.7 Å². The molecular formula is C19H18FN5O2S. The van der Waals surface area contributed by atoms with Gasteiger partial charge in [0, 0.05) is 38.4 Å². The highest BCUT2D eigenvalue weighted by molar-refractivity contribution is 7.99. The Morgan fingerprint density at radius 1 is 1.25 bits per heavy atom. The molecule has 1 atom stereocenters. The molecule has 28 heavy (non-hydrogen) atoms. The van der Waals surface area contributed by atoms with Crippen LogP contribution in [0.3, 0.4) is 0 Å². The van der Waals surface area contributed by atoms with Gasteiger partial charge in [0.15, 0.2) is 5.82 Å². The van der Waals surface area contributed by atoms with E-state index in [-0.39, 0.29) is 5.75 Å². The van der Waals surface area contributed by atoms with Gasteiger partial charge in [-0.3, -0.25) is 9.62 Å². The summed E-state index contributed by atoms with van der Waals surface area (Å²) >= 11 is 0. The van der Waals surface area contributed by atoms with E-state index in [1.165, 1.54) is 31.8 Å². The van der Waals surface area contributed by atoms with Crippen LogP contribution in [0.15, 0.2) is 48.8 Å². The van der Waals surface area contributed by atoms with Gasteiger partial charge in [-0.05, 0) is 29.8 Å². The molecule has 0 radical (unpaired) electrons. The first-order valence-corrected chi connectivity index (χ1v) is 10.3. The van der Waals surface area contributed by atoms with Crippen molar-refractivity contribution in [2.75, 3.05) is 18.7 Å². The third-order valence-corrected chi connectivity index (χ3v) is 5.13. The summed E-state index contributed by atoms with van der Waals surface area (Å²) in [7, 11) is -1.02. The molecule has 1 heterocycles. The third-order valence-electron chi connectivity index (χ3n) is 3.82. The maximum absolute atomic E-state index is 13.4. The molecule has 3 aromatic rings. The maximum Gasteiger partial charge on any atom is 0.230 e. The molecule has 0 saturated carbocycles. The van der Waals surface area contributed by atoms with Crippen molar-refractivity contribution in [1.29, 1.82) is 5.41 Å². The molecule has 0 spiro atoms. The second kappa shape index (κ2) is 8.16. The molecule has 0 fully saturated rings. The van der Waals surface area contributed by atoms with Crippen LogP contribution in [0.1, 0.15) is 5.56 Å². The van der Waals surface area contributed by atoms with Crippen LogP contribution in [0.4, 0.5) is 16.0 Å². The Hall–Kier alpha value is -3.29. The highest BCUT2D eigenvalue weighted by Gasteiger charge is 2.11. The Bertz CT molecular complexity index is 1150. The number of nitrogens with zero attached hydrogens (tertiary/aromatic N) is 3. The molecule has 0 aliphatic heterocycles. The Morgan fingerprint density at radius 3 is 2.82 bits per heavy atom. The van der Waals surface area contributed by atoms with Crippen molar-refractivity contribution >= 4 is 26.3 Å². The van der Waals surface area contributed by atoms with Gasteiger partial charge < -0.3 is 10.1 Å². The number of anilines is 2. The van der Waals surface area contributed by atoms with Gasteiger partial charge in [0.2, 0.25) is 5.95 Å². The molecule has 3 rings (SSSR count). The lowest BCUT2D eigenvalue weighted by Crippen LogP contribution is -2.03. The van der Waals surface area contributed by atoms with Crippen molar-refractivity contribution < 1.29 is 13.3 Å². The van der Waals surface area contributed by atoms with E-state index in [0.29, 0.717) is 28.8 Å². The number of ether oxygens (including phenoxy) is 1. The van der Waals surface area contributed by atoms with Gasteiger partial charge in [-0.25, -0.2) is 14.4 Å². The predicted molar refractivity (Wildman–Crippen MR) is 107 cm³/mol. The summed E-state index contributed by atoms with van der Waals surface area (Å²) in [5, 5.41) is 12.3. The Balaban J connectivity index is 1.88. The topological polar surface area (TPSA) is 101 Å². The summed E-state index contributed by atoms with van der Waals surface area (Å²) in [6.07, 6.45) is 2.84. The fraction of sp³-hybridized carbons (Fsp3) is 0.158. The standard InChI is InChI=1S/C19H18FN5O2S/c1-27-17-9-14(20)6-7-16(17)18-22-12-23-19(25-18)24-15-5-3-4-13(8-15)10-28(2,26)11-21/h3-9,12,21H,10H2,1-2H3,(H,22,23,24,25). The second-order valence-corrected chi connectivity index (χ2v) is 8.56. The van der Waals surface area contributed by atoms with Gasteiger partial charge in [-0.15, -0.1) is 0 Å². The summed E-state index contributed by atoms with van der Waals surface area (Å²) < 4.78 is 30.7. The summed E-state index contributed by atoms with van der Waals surface area (Å²) in [6.45, 7) is 0. The van der Waals surface area contributed by atoms with Crippen LogP contribution < -0.4 is 10.1 Å². The highest BCUT2D eigenvalue weighted by Crippen LogP contribution is 2.28. The number of benzene rings is 2. The van der Waals surface area contributed by atoms with E-state index in [1.54, 1.807) is 6.07 Å². The van der Waals surface area contributed by atoms with Gasteiger partial charge in [0.1, 0.15) is 17.9 Å². The summed E-state index contributed by atoms with van der Waals surface area (Å²) in [4.78, 5) is 12.6. The molecule has 1 unspecified atom stereocenters. The second-order valence-electron chi connectivity index (χ2n) is 6.05. The predicted octanol–water partition coefficient (Wildman–Crippen LogP) is 3.33. The van der Waals surface area contributed by atoms with E-state index in [4.69, 9.17) is 10.1 Å². The Labute approximate surface area is 162 Å². The molecule has 2 N–H and O–H groups in total. The average molecular weight is 399 g/mol. The normalized spacial score (nSPS) is 12.7. The van der Waals surface area contributed by atoms with Crippen molar-refractivity contribution in [2.45, 2.75) is 5.75 Å². The minimum absolute atomic E-state index is 0.223. The lowest BCUT2D eigenvalue weighted by molar-refractivity contribution is 0.412. The van der Waals surface area contributed by atoms with Crippen molar-refractivity contribution in [3.05, 3.63) is 60.2 Å². The van der Waals surface area contributed by atoms with Crippen molar-refractivity contribution in [2.24, 2.45) is 0 Å². The lowest BCUT2D eigenvalue weighted by atomic mass is 10.2. The van der Waals surface area contributed by atoms with E-state index < -0.39 is 15.3 Å². The zero-order chi connectivity index (χ0) is 20.1. The van der Waals surface area contributed by atoms with Crippen molar-refractivity contribution in [1.82, 2.24) is 15.0 Å². The van der Waals surface area contributed by atoms with Gasteiger partial charge in [0.25, 0.3) is 0 Å². The van der Waals surface area contributed by atoms with E-state index in [1.807, 2.05) is 24.3 Å². The number of nitrogens with one attached hydrogen (secondary N) is 2. The number of rotatable bonds is 6. The SMILES string of the molecule is COc1cc(F)ccc1-c1ncnc(Nc2cccc(CS(C)(=O)=C=N)c2)n1. The average Bonchev–Trinajstić information content (AvgIpc) is 2.68. The molecule has 1 aromatic heterocycles. The molecule has 7 nitrogen and oxygen atoms in total.